The smallest absolute Gasteiger partial charge is 0.258 e. The Hall–Kier alpha value is -4.02. The zero-order valence-corrected chi connectivity index (χ0v) is 23.2. The zero-order chi connectivity index (χ0) is 28.3. The molecule has 1 unspecified atom stereocenters. The van der Waals surface area contributed by atoms with Crippen LogP contribution in [0.25, 0.3) is 22.3 Å². The van der Waals surface area contributed by atoms with Gasteiger partial charge in [0.15, 0.2) is 0 Å². The van der Waals surface area contributed by atoms with Gasteiger partial charge in [0.05, 0.1) is 35.1 Å². The maximum atomic E-state index is 13.6. The minimum atomic E-state index is -2.59. The van der Waals surface area contributed by atoms with Gasteiger partial charge in [-0.25, -0.2) is 18.4 Å². The second-order valence-electron chi connectivity index (χ2n) is 11.8. The average molecular weight is 562 g/mol. The van der Waals surface area contributed by atoms with E-state index in [4.69, 9.17) is 9.72 Å². The topological polar surface area (TPSA) is 98.9 Å². The van der Waals surface area contributed by atoms with Crippen LogP contribution < -0.4 is 15.4 Å². The number of carbonyl (C=O) groups is 1. The van der Waals surface area contributed by atoms with E-state index in [1.165, 1.54) is 12.8 Å². The molecular formula is C30H33F2N7O2. The largest absolute Gasteiger partial charge is 0.477 e. The molecule has 2 N–H and O–H groups in total. The third-order valence-corrected chi connectivity index (χ3v) is 8.47. The summed E-state index contributed by atoms with van der Waals surface area (Å²) in [5.74, 6) is -0.723. The van der Waals surface area contributed by atoms with Gasteiger partial charge in [-0.1, -0.05) is 0 Å². The van der Waals surface area contributed by atoms with Crippen LogP contribution in [0.1, 0.15) is 54.6 Å². The molecule has 9 nitrogen and oxygen atoms in total. The first-order valence-electron chi connectivity index (χ1n) is 14.3. The van der Waals surface area contributed by atoms with Gasteiger partial charge in [-0.05, 0) is 74.8 Å². The van der Waals surface area contributed by atoms with E-state index >= 15 is 0 Å². The van der Waals surface area contributed by atoms with Crippen molar-refractivity contribution in [3.63, 3.8) is 0 Å². The number of anilines is 2. The molecule has 2 bridgehead atoms. The summed E-state index contributed by atoms with van der Waals surface area (Å²) in [6.45, 7) is 3.13. The molecule has 7 rings (SSSR count). The third-order valence-electron chi connectivity index (χ3n) is 8.47. The molecule has 4 aromatic rings. The lowest BCUT2D eigenvalue weighted by atomic mass is 9.88. The normalized spacial score (nSPS) is 21.1. The second-order valence-corrected chi connectivity index (χ2v) is 11.8. The monoisotopic (exact) mass is 561 g/mol. The lowest BCUT2D eigenvalue weighted by Crippen LogP contribution is -2.44. The van der Waals surface area contributed by atoms with E-state index in [0.29, 0.717) is 52.7 Å². The molecule has 1 atom stereocenters. The Labute approximate surface area is 236 Å². The van der Waals surface area contributed by atoms with Crippen LogP contribution in [0, 0.1) is 18.8 Å². The number of alkyl halides is 2. The van der Waals surface area contributed by atoms with E-state index in [1.807, 2.05) is 32.2 Å². The number of rotatable bonds is 3. The molecule has 41 heavy (non-hydrogen) atoms. The molecule has 214 valence electrons. The average Bonchev–Trinajstić information content (AvgIpc) is 3.61. The number of fused-ring (bicyclic) bond motifs is 7. The van der Waals surface area contributed by atoms with Crippen LogP contribution in [0.4, 0.5) is 20.4 Å². The fraction of sp³-hybridized carbons (Fsp3) is 0.467. The highest BCUT2D eigenvalue weighted by Crippen LogP contribution is 2.42. The van der Waals surface area contributed by atoms with Gasteiger partial charge in [0.25, 0.3) is 11.8 Å². The van der Waals surface area contributed by atoms with Crippen LogP contribution in [0.5, 0.6) is 5.88 Å². The number of aryl methyl sites for hydroxylation is 2. The number of amides is 1. The third kappa shape index (κ3) is 5.13. The fourth-order valence-corrected chi connectivity index (χ4v) is 6.18. The quantitative estimate of drug-likeness (QED) is 0.328. The van der Waals surface area contributed by atoms with Crippen molar-refractivity contribution in [2.75, 3.05) is 17.2 Å². The lowest BCUT2D eigenvalue weighted by molar-refractivity contribution is -0.0793. The fourth-order valence-electron chi connectivity index (χ4n) is 6.18. The minimum Gasteiger partial charge on any atom is -0.477 e. The number of carbonyl (C=O) groups excluding carboxylic acids is 1. The van der Waals surface area contributed by atoms with Crippen LogP contribution in [-0.4, -0.2) is 48.8 Å². The standard InChI is InChI=1S/C30H33F2N7O2/c1-17-10-20-11-24(34-17)23-15-33-38(2)28(23)41-9-3-4-19(18-5-6-18)16-39-26-8-7-21(35-22-13-30(31,32)14-22)12-25(26)36-29(39)37-27(20)40/h7-8,10-12,15,18-19,22,35H,3-6,9,13-14,16H2,1-2H3,(H,36,37,40). The molecule has 4 heterocycles. The molecule has 1 amide bonds. The molecule has 0 spiro atoms. The molecule has 2 saturated carbocycles. The van der Waals surface area contributed by atoms with Gasteiger partial charge in [0.2, 0.25) is 11.8 Å². The summed E-state index contributed by atoms with van der Waals surface area (Å²) in [7, 11) is 1.84. The van der Waals surface area contributed by atoms with Crippen molar-refractivity contribution in [3.8, 4) is 17.1 Å². The molecule has 1 aliphatic heterocycles. The maximum absolute atomic E-state index is 13.6. The molecule has 3 aromatic heterocycles. The van der Waals surface area contributed by atoms with Crippen LogP contribution in [0.3, 0.4) is 0 Å². The summed E-state index contributed by atoms with van der Waals surface area (Å²) in [5.41, 5.74) is 4.89. The summed E-state index contributed by atoms with van der Waals surface area (Å²) >= 11 is 0. The van der Waals surface area contributed by atoms with Crippen LogP contribution >= 0.6 is 0 Å². The van der Waals surface area contributed by atoms with Gasteiger partial charge < -0.3 is 14.6 Å². The number of halogens is 2. The number of ether oxygens (including phenoxy) is 1. The molecule has 0 radical (unpaired) electrons. The number of hydrogen-bond acceptors (Lipinski definition) is 6. The van der Waals surface area contributed by atoms with Crippen molar-refractivity contribution in [2.24, 2.45) is 18.9 Å². The Morgan fingerprint density at radius 1 is 1.10 bits per heavy atom. The summed E-state index contributed by atoms with van der Waals surface area (Å²) in [4.78, 5) is 23.2. The van der Waals surface area contributed by atoms with Gasteiger partial charge in [0.1, 0.15) is 0 Å². The summed E-state index contributed by atoms with van der Waals surface area (Å²) < 4.78 is 36.8. The first kappa shape index (κ1) is 25.9. The SMILES string of the molecule is Cc1cc2cc(n1)-c1cnn(C)c1OCCCC(C1CC1)Cn1c(nc3cc(NC4CC(F)(F)C4)ccc31)NC2=O. The molecule has 2 fully saturated rings. The predicted octanol–water partition coefficient (Wildman–Crippen LogP) is 5.80. The van der Waals surface area contributed by atoms with Crippen LogP contribution in [-0.2, 0) is 13.6 Å². The minimum absolute atomic E-state index is 0.165. The molecule has 2 aliphatic carbocycles. The second kappa shape index (κ2) is 9.81. The van der Waals surface area contributed by atoms with Crippen molar-refractivity contribution >= 4 is 28.6 Å². The van der Waals surface area contributed by atoms with Crippen molar-refractivity contribution in [2.45, 2.75) is 64.0 Å². The number of pyridine rings is 1. The molecule has 1 aromatic carbocycles. The first-order valence-corrected chi connectivity index (χ1v) is 14.3. The van der Waals surface area contributed by atoms with E-state index in [0.717, 1.165) is 36.2 Å². The van der Waals surface area contributed by atoms with Gasteiger partial charge >= 0.3 is 0 Å². The Balaban J connectivity index is 1.27. The van der Waals surface area contributed by atoms with Crippen molar-refractivity contribution < 1.29 is 18.3 Å². The van der Waals surface area contributed by atoms with Gasteiger partial charge in [-0.3, -0.25) is 15.1 Å². The van der Waals surface area contributed by atoms with Gasteiger partial charge in [0, 0.05) is 49.4 Å². The predicted molar refractivity (Wildman–Crippen MR) is 151 cm³/mol. The van der Waals surface area contributed by atoms with Gasteiger partial charge in [-0.15, -0.1) is 0 Å². The van der Waals surface area contributed by atoms with E-state index in [-0.39, 0.29) is 24.8 Å². The highest BCUT2D eigenvalue weighted by molar-refractivity contribution is 6.05. The number of nitrogens with one attached hydrogen (secondary N) is 2. The van der Waals surface area contributed by atoms with Crippen LogP contribution in [0.2, 0.25) is 0 Å². The maximum Gasteiger partial charge on any atom is 0.258 e. The number of hydrogen-bond donors (Lipinski definition) is 2. The zero-order valence-electron chi connectivity index (χ0n) is 23.2. The Bertz CT molecular complexity index is 1630. The summed E-state index contributed by atoms with van der Waals surface area (Å²) in [6.07, 6.45) is 5.64. The Kier molecular flexibility index (Phi) is 6.20. The Morgan fingerprint density at radius 2 is 1.93 bits per heavy atom. The molecular weight excluding hydrogens is 528 g/mol. The molecule has 0 saturated heterocycles. The van der Waals surface area contributed by atoms with Crippen molar-refractivity contribution in [1.82, 2.24) is 24.3 Å². The van der Waals surface area contributed by atoms with Crippen molar-refractivity contribution in [1.29, 1.82) is 0 Å². The Morgan fingerprint density at radius 3 is 2.71 bits per heavy atom. The van der Waals surface area contributed by atoms with E-state index in [1.54, 1.807) is 23.0 Å². The molecule has 11 heteroatoms. The molecule has 3 aliphatic rings. The van der Waals surface area contributed by atoms with E-state index in [2.05, 4.69) is 25.3 Å². The van der Waals surface area contributed by atoms with E-state index < -0.39 is 5.92 Å². The highest BCUT2D eigenvalue weighted by Gasteiger charge is 2.45. The number of nitrogens with zero attached hydrogens (tertiary/aromatic N) is 5. The summed E-state index contributed by atoms with van der Waals surface area (Å²) in [6, 6.07) is 9.01. The summed E-state index contributed by atoms with van der Waals surface area (Å²) in [5, 5.41) is 10.7. The van der Waals surface area contributed by atoms with Crippen molar-refractivity contribution in [3.05, 3.63) is 47.8 Å². The number of imidazole rings is 1. The highest BCUT2D eigenvalue weighted by atomic mass is 19.3. The number of benzene rings is 1. The lowest BCUT2D eigenvalue weighted by Gasteiger charge is -2.36. The first-order chi connectivity index (χ1) is 19.7. The van der Waals surface area contributed by atoms with E-state index in [9.17, 15) is 13.6 Å². The van der Waals surface area contributed by atoms with Gasteiger partial charge in [-0.2, -0.15) is 5.10 Å². The van der Waals surface area contributed by atoms with Crippen LogP contribution in [0.15, 0.2) is 36.5 Å². The number of aromatic nitrogens is 5.